The maximum atomic E-state index is 10.3. The second-order valence-corrected chi connectivity index (χ2v) is 2.64. The van der Waals surface area contributed by atoms with E-state index in [9.17, 15) is 10.1 Å². The lowest BCUT2D eigenvalue weighted by Gasteiger charge is -2.23. The van der Waals surface area contributed by atoms with Gasteiger partial charge in [-0.1, -0.05) is 0 Å². The van der Waals surface area contributed by atoms with E-state index in [1.807, 2.05) is 0 Å². The van der Waals surface area contributed by atoms with Gasteiger partial charge in [0.2, 0.25) is 6.04 Å². The van der Waals surface area contributed by atoms with Crippen molar-refractivity contribution in [1.29, 1.82) is 0 Å². The van der Waals surface area contributed by atoms with Gasteiger partial charge in [0.25, 0.3) is 0 Å². The van der Waals surface area contributed by atoms with Crippen LogP contribution in [-0.4, -0.2) is 36.8 Å². The van der Waals surface area contributed by atoms with Crippen molar-refractivity contribution in [3.8, 4) is 0 Å². The fourth-order valence-corrected chi connectivity index (χ4v) is 1.03. The van der Waals surface area contributed by atoms with Crippen LogP contribution in [0.4, 0.5) is 0 Å². The van der Waals surface area contributed by atoms with E-state index in [0.717, 1.165) is 6.54 Å². The van der Waals surface area contributed by atoms with Gasteiger partial charge >= 0.3 is 0 Å². The Morgan fingerprint density at radius 1 is 1.82 bits per heavy atom. The molecule has 0 amide bonds. The highest BCUT2D eigenvalue weighted by molar-refractivity contribution is 4.71. The first kappa shape index (κ1) is 8.42. The Bertz CT molecular complexity index is 145. The summed E-state index contributed by atoms with van der Waals surface area (Å²) in [5.74, 6) is 0. The molecule has 0 aromatic rings. The van der Waals surface area contributed by atoms with Crippen molar-refractivity contribution in [3.05, 3.63) is 10.1 Å². The largest absolute Gasteiger partial charge is 0.368 e. The van der Waals surface area contributed by atoms with Crippen molar-refractivity contribution < 1.29 is 9.66 Å². The van der Waals surface area contributed by atoms with Crippen molar-refractivity contribution in [2.24, 2.45) is 0 Å². The van der Waals surface area contributed by atoms with E-state index in [-0.39, 0.29) is 11.0 Å². The summed E-state index contributed by atoms with van der Waals surface area (Å²) in [5, 5.41) is 13.3. The molecule has 0 radical (unpaired) electrons. The maximum absolute atomic E-state index is 10.3. The normalized spacial score (nSPS) is 27.9. The lowest BCUT2D eigenvalue weighted by atomic mass is 10.2. The van der Waals surface area contributed by atoms with Crippen molar-refractivity contribution in [1.82, 2.24) is 5.32 Å². The van der Waals surface area contributed by atoms with Crippen molar-refractivity contribution in [3.63, 3.8) is 0 Å². The fraction of sp³-hybridized carbons (Fsp3) is 1.00. The number of hydrogen-bond donors (Lipinski definition) is 1. The second-order valence-electron chi connectivity index (χ2n) is 2.64. The molecule has 1 heterocycles. The third-order valence-electron chi connectivity index (χ3n) is 1.83. The van der Waals surface area contributed by atoms with Gasteiger partial charge in [-0.3, -0.25) is 10.1 Å². The molecule has 1 N–H and O–H groups in total. The monoisotopic (exact) mass is 160 g/mol. The number of nitrogens with zero attached hydrogens (tertiary/aromatic N) is 1. The molecule has 0 aromatic carbocycles. The van der Waals surface area contributed by atoms with Crippen LogP contribution in [0.3, 0.4) is 0 Å². The summed E-state index contributed by atoms with van der Waals surface area (Å²) in [6.45, 7) is 3.52. The molecule has 0 spiro atoms. The van der Waals surface area contributed by atoms with E-state index in [2.05, 4.69) is 5.32 Å². The van der Waals surface area contributed by atoms with E-state index < -0.39 is 6.04 Å². The highest BCUT2D eigenvalue weighted by Gasteiger charge is 2.28. The van der Waals surface area contributed by atoms with Gasteiger partial charge in [0, 0.05) is 24.9 Å². The highest BCUT2D eigenvalue weighted by Crippen LogP contribution is 2.04. The average Bonchev–Trinajstić information content (AvgIpc) is 2.05. The van der Waals surface area contributed by atoms with Gasteiger partial charge in [-0.25, -0.2) is 0 Å². The van der Waals surface area contributed by atoms with Crippen LogP contribution in [0.2, 0.25) is 0 Å². The van der Waals surface area contributed by atoms with E-state index in [0.29, 0.717) is 13.2 Å². The molecule has 5 nitrogen and oxygen atoms in total. The lowest BCUT2D eigenvalue weighted by molar-refractivity contribution is -0.531. The summed E-state index contributed by atoms with van der Waals surface area (Å²) in [6.07, 6.45) is -0.265. The van der Waals surface area contributed by atoms with Gasteiger partial charge < -0.3 is 10.1 Å². The summed E-state index contributed by atoms with van der Waals surface area (Å²) in [7, 11) is 0. The van der Waals surface area contributed by atoms with Crippen molar-refractivity contribution >= 4 is 0 Å². The SMILES string of the molecule is CC(C1CNCCO1)[N+](=O)[O-]. The Kier molecular flexibility index (Phi) is 2.78. The molecule has 0 aliphatic carbocycles. The minimum absolute atomic E-state index is 0.265. The number of nitro groups is 1. The standard InChI is InChI=1S/C6H12N2O3/c1-5(8(9)10)6-4-7-2-3-11-6/h5-7H,2-4H2,1H3. The first-order valence-corrected chi connectivity index (χ1v) is 3.67. The molecular weight excluding hydrogens is 148 g/mol. The Morgan fingerprint density at radius 3 is 3.00 bits per heavy atom. The zero-order chi connectivity index (χ0) is 8.27. The Labute approximate surface area is 64.9 Å². The summed E-state index contributed by atoms with van der Waals surface area (Å²) in [4.78, 5) is 9.99. The summed E-state index contributed by atoms with van der Waals surface area (Å²) in [6, 6.07) is -0.609. The zero-order valence-electron chi connectivity index (χ0n) is 6.45. The van der Waals surface area contributed by atoms with E-state index >= 15 is 0 Å². The molecule has 2 unspecified atom stereocenters. The topological polar surface area (TPSA) is 64.4 Å². The predicted molar refractivity (Wildman–Crippen MR) is 39.1 cm³/mol. The highest BCUT2D eigenvalue weighted by atomic mass is 16.6. The van der Waals surface area contributed by atoms with Crippen LogP contribution in [-0.2, 0) is 4.74 Å². The lowest BCUT2D eigenvalue weighted by Crippen LogP contribution is -2.46. The van der Waals surface area contributed by atoms with Crippen LogP contribution >= 0.6 is 0 Å². The maximum Gasteiger partial charge on any atom is 0.237 e. The summed E-state index contributed by atoms with van der Waals surface area (Å²) in [5.41, 5.74) is 0. The average molecular weight is 160 g/mol. The zero-order valence-corrected chi connectivity index (χ0v) is 6.45. The first-order valence-electron chi connectivity index (χ1n) is 3.67. The van der Waals surface area contributed by atoms with Gasteiger partial charge in [-0.15, -0.1) is 0 Å². The molecule has 0 saturated carbocycles. The number of hydrogen-bond acceptors (Lipinski definition) is 4. The minimum atomic E-state index is -0.609. The van der Waals surface area contributed by atoms with Crippen LogP contribution < -0.4 is 5.32 Å². The van der Waals surface area contributed by atoms with E-state index in [4.69, 9.17) is 4.74 Å². The van der Waals surface area contributed by atoms with E-state index in [1.165, 1.54) is 0 Å². The molecule has 0 bridgehead atoms. The summed E-state index contributed by atoms with van der Waals surface area (Å²) >= 11 is 0. The van der Waals surface area contributed by atoms with E-state index in [1.54, 1.807) is 6.92 Å². The van der Waals surface area contributed by atoms with Gasteiger partial charge in [0.15, 0.2) is 0 Å². The molecule has 0 aromatic heterocycles. The Balaban J connectivity index is 2.38. The summed E-state index contributed by atoms with van der Waals surface area (Å²) < 4.78 is 5.20. The van der Waals surface area contributed by atoms with Crippen LogP contribution in [0.15, 0.2) is 0 Å². The molecule has 1 rings (SSSR count). The van der Waals surface area contributed by atoms with Crippen LogP contribution in [0.1, 0.15) is 6.92 Å². The predicted octanol–water partition coefficient (Wildman–Crippen LogP) is -0.360. The first-order chi connectivity index (χ1) is 5.22. The molecule has 1 aliphatic heterocycles. The molecule has 11 heavy (non-hydrogen) atoms. The number of morpholine rings is 1. The third kappa shape index (κ3) is 2.13. The van der Waals surface area contributed by atoms with Crippen LogP contribution in [0, 0.1) is 10.1 Å². The second kappa shape index (κ2) is 3.64. The minimum Gasteiger partial charge on any atom is -0.368 e. The fourth-order valence-electron chi connectivity index (χ4n) is 1.03. The third-order valence-corrected chi connectivity index (χ3v) is 1.83. The van der Waals surface area contributed by atoms with Gasteiger partial charge in [-0.2, -0.15) is 0 Å². The van der Waals surface area contributed by atoms with Crippen molar-refractivity contribution in [2.45, 2.75) is 19.1 Å². The smallest absolute Gasteiger partial charge is 0.237 e. The van der Waals surface area contributed by atoms with Crippen molar-refractivity contribution in [2.75, 3.05) is 19.7 Å². The molecule has 64 valence electrons. The van der Waals surface area contributed by atoms with Gasteiger partial charge in [0.1, 0.15) is 6.10 Å². The molecule has 2 atom stereocenters. The molecule has 5 heteroatoms. The number of rotatable bonds is 2. The van der Waals surface area contributed by atoms with Crippen LogP contribution in [0.5, 0.6) is 0 Å². The Morgan fingerprint density at radius 2 is 2.55 bits per heavy atom. The van der Waals surface area contributed by atoms with Gasteiger partial charge in [0.05, 0.1) is 6.61 Å². The van der Waals surface area contributed by atoms with Gasteiger partial charge in [-0.05, 0) is 0 Å². The molecule has 1 aliphatic rings. The quantitative estimate of drug-likeness (QED) is 0.442. The van der Waals surface area contributed by atoms with Crippen LogP contribution in [0.25, 0.3) is 0 Å². The Hall–Kier alpha value is -0.680. The molecule has 1 fully saturated rings. The molecule has 1 saturated heterocycles. The molecular formula is C6H12N2O3. The number of nitrogens with one attached hydrogen (secondary N) is 1. The number of ether oxygens (including phenoxy) is 1.